The molecule has 1 saturated carbocycles. The van der Waals surface area contributed by atoms with Crippen molar-refractivity contribution in [1.82, 2.24) is 10.2 Å². The van der Waals surface area contributed by atoms with Crippen LogP contribution in [0.1, 0.15) is 54.4 Å². The molecule has 5 rings (SSSR count). The van der Waals surface area contributed by atoms with E-state index in [-0.39, 0.29) is 35.5 Å². The Morgan fingerprint density at radius 3 is 2.17 bits per heavy atom. The fourth-order valence-corrected chi connectivity index (χ4v) is 7.68. The van der Waals surface area contributed by atoms with Crippen molar-refractivity contribution in [3.8, 4) is 5.75 Å². The Balaban J connectivity index is 1.59. The second-order valence-corrected chi connectivity index (χ2v) is 14.4. The van der Waals surface area contributed by atoms with Gasteiger partial charge in [-0.2, -0.15) is 0 Å². The standard InChI is InChI=1S/C39H45N3O5S/c1-29-22-24-34(25-23-29)48(45,46)42(35-20-12-13-21-37(35)47-3)28-38(43)41(27-32-17-11-10-14-30(32)2)36(26-31-15-6-4-7-16-31)39(44)40-33-18-8-5-9-19-33/h4,6-7,10-17,20-25,33,36H,5,8-9,18-19,26-28H2,1-3H3,(H,40,44)/t36-/m0/s1. The number of benzene rings is 4. The van der Waals surface area contributed by atoms with Crippen LogP contribution in [0.25, 0.3) is 0 Å². The van der Waals surface area contributed by atoms with Crippen LogP contribution in [0.15, 0.2) is 108 Å². The molecule has 8 nitrogen and oxygen atoms in total. The van der Waals surface area contributed by atoms with Crippen LogP contribution < -0.4 is 14.4 Å². The van der Waals surface area contributed by atoms with E-state index in [2.05, 4.69) is 5.32 Å². The summed E-state index contributed by atoms with van der Waals surface area (Å²) in [6.45, 7) is 3.44. The zero-order valence-electron chi connectivity index (χ0n) is 28.0. The van der Waals surface area contributed by atoms with Crippen LogP contribution in [0.2, 0.25) is 0 Å². The lowest BCUT2D eigenvalue weighted by molar-refractivity contribution is -0.140. The lowest BCUT2D eigenvalue weighted by Crippen LogP contribution is -2.55. The maximum absolute atomic E-state index is 14.8. The molecule has 1 atom stereocenters. The van der Waals surface area contributed by atoms with Gasteiger partial charge in [0.1, 0.15) is 18.3 Å². The van der Waals surface area contributed by atoms with Gasteiger partial charge in [0, 0.05) is 19.0 Å². The molecule has 0 radical (unpaired) electrons. The second-order valence-electron chi connectivity index (χ2n) is 12.5. The average molecular weight is 668 g/mol. The monoisotopic (exact) mass is 667 g/mol. The van der Waals surface area contributed by atoms with Crippen molar-refractivity contribution in [3.05, 3.63) is 125 Å². The van der Waals surface area contributed by atoms with Crippen molar-refractivity contribution in [2.24, 2.45) is 0 Å². The first kappa shape index (κ1) is 34.7. The number of nitrogens with zero attached hydrogens (tertiary/aromatic N) is 2. The van der Waals surface area contributed by atoms with Crippen molar-refractivity contribution >= 4 is 27.5 Å². The molecule has 4 aromatic carbocycles. The highest BCUT2D eigenvalue weighted by Crippen LogP contribution is 2.33. The van der Waals surface area contributed by atoms with E-state index in [0.717, 1.165) is 58.7 Å². The number of anilines is 1. The fraction of sp³-hybridized carbons (Fsp3) is 0.333. The van der Waals surface area contributed by atoms with Gasteiger partial charge in [-0.05, 0) is 67.6 Å². The van der Waals surface area contributed by atoms with E-state index >= 15 is 0 Å². The summed E-state index contributed by atoms with van der Waals surface area (Å²) in [5.74, 6) is -0.431. The van der Waals surface area contributed by atoms with E-state index in [9.17, 15) is 18.0 Å². The number of aryl methyl sites for hydroxylation is 2. The Morgan fingerprint density at radius 2 is 1.48 bits per heavy atom. The van der Waals surface area contributed by atoms with E-state index in [1.54, 1.807) is 53.4 Å². The zero-order valence-corrected chi connectivity index (χ0v) is 28.8. The minimum absolute atomic E-state index is 0.0342. The number of amides is 2. The van der Waals surface area contributed by atoms with Crippen molar-refractivity contribution in [3.63, 3.8) is 0 Å². The van der Waals surface area contributed by atoms with E-state index < -0.39 is 28.5 Å². The van der Waals surface area contributed by atoms with Gasteiger partial charge < -0.3 is 15.0 Å². The van der Waals surface area contributed by atoms with Gasteiger partial charge in [-0.1, -0.05) is 104 Å². The van der Waals surface area contributed by atoms with Crippen LogP contribution in [0.4, 0.5) is 5.69 Å². The maximum atomic E-state index is 14.8. The van der Waals surface area contributed by atoms with Gasteiger partial charge >= 0.3 is 0 Å². The Morgan fingerprint density at radius 1 is 0.833 bits per heavy atom. The van der Waals surface area contributed by atoms with Crippen LogP contribution >= 0.6 is 0 Å². The highest BCUT2D eigenvalue weighted by Gasteiger charge is 2.36. The van der Waals surface area contributed by atoms with E-state index in [1.165, 1.54) is 7.11 Å². The highest BCUT2D eigenvalue weighted by molar-refractivity contribution is 7.92. The van der Waals surface area contributed by atoms with Crippen LogP contribution in [-0.4, -0.2) is 50.9 Å². The summed E-state index contributed by atoms with van der Waals surface area (Å²) in [5.41, 5.74) is 3.88. The molecule has 0 heterocycles. The number of rotatable bonds is 13. The third kappa shape index (κ3) is 8.44. The van der Waals surface area contributed by atoms with E-state index in [0.29, 0.717) is 5.75 Å². The molecular weight excluding hydrogens is 623 g/mol. The summed E-state index contributed by atoms with van der Waals surface area (Å²) in [4.78, 5) is 30.7. The number of hydrogen-bond acceptors (Lipinski definition) is 5. The van der Waals surface area contributed by atoms with Gasteiger partial charge in [-0.25, -0.2) is 8.42 Å². The number of para-hydroxylation sites is 2. The Kier molecular flexibility index (Phi) is 11.5. The molecule has 2 amide bonds. The number of carbonyl (C=O) groups is 2. The fourth-order valence-electron chi connectivity index (χ4n) is 6.26. The second kappa shape index (κ2) is 16.0. The molecule has 1 N–H and O–H groups in total. The smallest absolute Gasteiger partial charge is 0.264 e. The molecule has 0 aromatic heterocycles. The van der Waals surface area contributed by atoms with Crippen LogP contribution in [0, 0.1) is 13.8 Å². The molecule has 9 heteroatoms. The first-order valence-corrected chi connectivity index (χ1v) is 18.0. The first-order valence-electron chi connectivity index (χ1n) is 16.6. The van der Waals surface area contributed by atoms with Crippen LogP contribution in [0.5, 0.6) is 5.75 Å². The zero-order chi connectivity index (χ0) is 34.1. The number of nitrogens with one attached hydrogen (secondary N) is 1. The topological polar surface area (TPSA) is 96.0 Å². The quantitative estimate of drug-likeness (QED) is 0.174. The number of ether oxygens (including phenoxy) is 1. The Hall–Kier alpha value is -4.63. The van der Waals surface area contributed by atoms with Crippen molar-refractivity contribution in [2.45, 2.75) is 75.9 Å². The minimum atomic E-state index is -4.24. The summed E-state index contributed by atoms with van der Waals surface area (Å²) >= 11 is 0. The van der Waals surface area contributed by atoms with Gasteiger partial charge in [0.25, 0.3) is 10.0 Å². The molecule has 0 unspecified atom stereocenters. The van der Waals surface area contributed by atoms with Gasteiger partial charge in [0.15, 0.2) is 0 Å². The molecular formula is C39H45N3O5S. The molecule has 0 spiro atoms. The van der Waals surface area contributed by atoms with E-state index in [4.69, 9.17) is 4.74 Å². The molecule has 4 aromatic rings. The first-order chi connectivity index (χ1) is 23.2. The van der Waals surface area contributed by atoms with Crippen LogP contribution in [-0.2, 0) is 32.6 Å². The Bertz CT molecular complexity index is 1790. The lowest BCUT2D eigenvalue weighted by Gasteiger charge is -2.35. The van der Waals surface area contributed by atoms with Gasteiger partial charge in [0.05, 0.1) is 17.7 Å². The molecule has 0 saturated heterocycles. The summed E-state index contributed by atoms with van der Waals surface area (Å²) in [6, 6.07) is 29.8. The predicted molar refractivity (Wildman–Crippen MR) is 189 cm³/mol. The molecule has 1 aliphatic rings. The SMILES string of the molecule is COc1ccccc1N(CC(=O)N(Cc1ccccc1C)[C@@H](Cc1ccccc1)C(=O)NC1CCCCC1)S(=O)(=O)c1ccc(C)cc1. The molecule has 1 aliphatic carbocycles. The molecule has 0 aliphatic heterocycles. The third-order valence-corrected chi connectivity index (χ3v) is 10.8. The molecule has 0 bridgehead atoms. The van der Waals surface area contributed by atoms with Gasteiger partial charge in [-0.3, -0.25) is 13.9 Å². The molecule has 252 valence electrons. The van der Waals surface area contributed by atoms with Crippen molar-refractivity contribution in [1.29, 1.82) is 0 Å². The van der Waals surface area contributed by atoms with Crippen LogP contribution in [0.3, 0.4) is 0 Å². The van der Waals surface area contributed by atoms with Crippen molar-refractivity contribution in [2.75, 3.05) is 18.0 Å². The summed E-state index contributed by atoms with van der Waals surface area (Å²) in [7, 11) is -2.77. The molecule has 48 heavy (non-hydrogen) atoms. The molecule has 1 fully saturated rings. The Labute approximate surface area is 284 Å². The number of methoxy groups -OCH3 is 1. The van der Waals surface area contributed by atoms with Gasteiger partial charge in [0.2, 0.25) is 11.8 Å². The van der Waals surface area contributed by atoms with Crippen molar-refractivity contribution < 1.29 is 22.7 Å². The largest absolute Gasteiger partial charge is 0.495 e. The number of carbonyl (C=O) groups excluding carboxylic acids is 2. The predicted octanol–water partition coefficient (Wildman–Crippen LogP) is 6.60. The van der Waals surface area contributed by atoms with E-state index in [1.807, 2.05) is 68.4 Å². The third-order valence-electron chi connectivity index (χ3n) is 9.07. The normalized spacial score (nSPS) is 14.1. The van der Waals surface area contributed by atoms with Gasteiger partial charge in [-0.15, -0.1) is 0 Å². The summed E-state index contributed by atoms with van der Waals surface area (Å²) in [6.07, 6.45) is 5.30. The summed E-state index contributed by atoms with van der Waals surface area (Å²) in [5, 5.41) is 3.25. The average Bonchev–Trinajstić information content (AvgIpc) is 3.10. The number of sulfonamides is 1. The highest BCUT2D eigenvalue weighted by atomic mass is 32.2. The minimum Gasteiger partial charge on any atom is -0.495 e. The number of hydrogen-bond donors (Lipinski definition) is 1. The lowest BCUT2D eigenvalue weighted by atomic mass is 9.94. The summed E-state index contributed by atoms with van der Waals surface area (Å²) < 4.78 is 35.4. The maximum Gasteiger partial charge on any atom is 0.264 e.